The summed E-state index contributed by atoms with van der Waals surface area (Å²) in [5.74, 6) is -7.49. The first-order valence-electron chi connectivity index (χ1n) is 6.72. The molecule has 3 atom stereocenters. The Labute approximate surface area is 241 Å². The second-order valence-corrected chi connectivity index (χ2v) is 4.63. The van der Waals surface area contributed by atoms with Crippen LogP contribution in [0.3, 0.4) is 0 Å². The third kappa shape index (κ3) is 49.2. The number of carbonyl (C=O) groups is 6. The molecule has 0 fully saturated rings. The Morgan fingerprint density at radius 3 is 0.606 bits per heavy atom. The summed E-state index contributed by atoms with van der Waals surface area (Å²) in [5.41, 5.74) is 14.5. The first kappa shape index (κ1) is 58.1. The summed E-state index contributed by atoms with van der Waals surface area (Å²) in [6, 6.07) is -3.87. The van der Waals surface area contributed by atoms with Gasteiger partial charge in [0.2, 0.25) is 0 Å². The Hall–Kier alpha value is -1.07. The minimum atomic E-state index is -1.29. The molecule has 0 aromatic carbocycles. The monoisotopic (exact) mass is 749 g/mol. The molecule has 0 aliphatic carbocycles. The van der Waals surface area contributed by atoms with E-state index in [1.165, 1.54) is 0 Å². The Balaban J connectivity index is -0.0000000343. The number of carboxylic acids is 6. The summed E-state index contributed by atoms with van der Waals surface area (Å²) in [6.45, 7) is 0. The van der Waals surface area contributed by atoms with E-state index in [2.05, 4.69) is 0 Å². The van der Waals surface area contributed by atoms with Crippen LogP contribution in [0, 0.1) is 71.2 Å². The van der Waals surface area contributed by atoms with E-state index in [1.807, 2.05) is 0 Å². The molecule has 2 radical (unpaired) electrons. The molecular weight excluding hydrogens is 720 g/mol. The molecule has 0 saturated heterocycles. The van der Waals surface area contributed by atoms with Gasteiger partial charge in [0.15, 0.2) is 0 Å². The summed E-state index contributed by atoms with van der Waals surface area (Å²) in [6.07, 6.45) is -1.60. The van der Waals surface area contributed by atoms with E-state index < -0.39 is 73.2 Å². The van der Waals surface area contributed by atoms with E-state index in [9.17, 15) is 28.8 Å². The van der Waals surface area contributed by atoms with Gasteiger partial charge >= 0.3 is 35.8 Å². The van der Waals surface area contributed by atoms with Gasteiger partial charge < -0.3 is 69.7 Å². The van der Waals surface area contributed by atoms with Crippen LogP contribution in [0.25, 0.3) is 0 Å². The van der Waals surface area contributed by atoms with Crippen molar-refractivity contribution in [2.75, 3.05) is 0 Å². The molecule has 0 unspecified atom stereocenters. The van der Waals surface area contributed by atoms with Crippen LogP contribution in [-0.2, 0) is 28.8 Å². The third-order valence-corrected chi connectivity index (χ3v) is 2.14. The van der Waals surface area contributed by atoms with Gasteiger partial charge in [-0.1, -0.05) is 0 Å². The Kier molecular flexibility index (Phi) is 58.3. The average molecular weight is 749 g/mol. The van der Waals surface area contributed by atoms with Crippen LogP contribution in [0.5, 0.6) is 0 Å². The van der Waals surface area contributed by atoms with E-state index in [4.69, 9.17) is 47.8 Å². The molecule has 0 saturated carbocycles. The van der Waals surface area contributed by atoms with Crippen molar-refractivity contribution in [2.45, 2.75) is 37.4 Å². The van der Waals surface area contributed by atoms with Gasteiger partial charge in [-0.15, -0.1) is 0 Å². The summed E-state index contributed by atoms with van der Waals surface area (Å²) < 4.78 is 0. The predicted octanol–water partition coefficient (Wildman–Crippen LogP) is -6.68. The third-order valence-electron chi connectivity index (χ3n) is 2.14. The summed E-state index contributed by atoms with van der Waals surface area (Å²) in [4.78, 5) is 58.9. The number of carboxylic acid groups (broad SMARTS) is 6. The standard InChI is InChI=1S/3C4H7NO4.2La.4H2O/c3*5-2(4(8)9)1-3(6)7;;;;;;/h3*2H,1,5H2,(H,6,7)(H,8,9);;;4*1H2/t3*2-;;;;;;/m110....../s1. The first-order valence-corrected chi connectivity index (χ1v) is 6.72. The van der Waals surface area contributed by atoms with Crippen LogP contribution in [0.4, 0.5) is 0 Å². The van der Waals surface area contributed by atoms with Crippen LogP contribution in [0.15, 0.2) is 0 Å². The molecule has 0 aromatic heterocycles. The van der Waals surface area contributed by atoms with Crippen LogP contribution in [0.2, 0.25) is 0 Å². The Morgan fingerprint density at radius 1 is 0.455 bits per heavy atom. The number of rotatable bonds is 9. The van der Waals surface area contributed by atoms with Gasteiger partial charge in [0, 0.05) is 71.2 Å². The molecular formula is C12H29La2N3O16. The maximum absolute atomic E-state index is 9.85. The van der Waals surface area contributed by atoms with Crippen LogP contribution >= 0.6 is 0 Å². The smallest absolute Gasteiger partial charge is 0.321 e. The number of aliphatic carboxylic acids is 6. The predicted molar refractivity (Wildman–Crippen MR) is 98.0 cm³/mol. The Morgan fingerprint density at radius 2 is 0.576 bits per heavy atom. The van der Waals surface area contributed by atoms with Crippen molar-refractivity contribution in [1.82, 2.24) is 0 Å². The van der Waals surface area contributed by atoms with Crippen LogP contribution in [0.1, 0.15) is 19.3 Å². The average Bonchev–Trinajstić information content (AvgIpc) is 2.46. The maximum Gasteiger partial charge on any atom is 0.321 e. The second-order valence-electron chi connectivity index (χ2n) is 4.63. The minimum Gasteiger partial charge on any atom is -0.481 e. The van der Waals surface area contributed by atoms with Crippen molar-refractivity contribution in [2.24, 2.45) is 17.2 Å². The minimum absolute atomic E-state index is 0. The van der Waals surface area contributed by atoms with Gasteiger partial charge in [0.1, 0.15) is 18.1 Å². The van der Waals surface area contributed by atoms with Crippen molar-refractivity contribution in [3.8, 4) is 0 Å². The largest absolute Gasteiger partial charge is 0.481 e. The molecule has 0 bridgehead atoms. The molecule has 0 spiro atoms. The molecule has 0 aliphatic rings. The molecule has 20 N–H and O–H groups in total. The number of hydrogen-bond donors (Lipinski definition) is 9. The maximum atomic E-state index is 9.85. The fourth-order valence-corrected chi connectivity index (χ4v) is 0.826. The molecule has 33 heavy (non-hydrogen) atoms. The van der Waals surface area contributed by atoms with E-state index >= 15 is 0 Å². The van der Waals surface area contributed by atoms with Crippen molar-refractivity contribution < 1.29 is 153 Å². The summed E-state index contributed by atoms with van der Waals surface area (Å²) in [5, 5.41) is 48.1. The van der Waals surface area contributed by atoms with E-state index in [-0.39, 0.29) is 93.1 Å². The van der Waals surface area contributed by atoms with E-state index in [1.54, 1.807) is 0 Å². The molecule has 0 rings (SSSR count). The van der Waals surface area contributed by atoms with Gasteiger partial charge in [0.05, 0.1) is 19.3 Å². The second kappa shape index (κ2) is 33.1. The van der Waals surface area contributed by atoms with E-state index in [0.29, 0.717) is 0 Å². The van der Waals surface area contributed by atoms with Crippen molar-refractivity contribution in [3.05, 3.63) is 0 Å². The van der Waals surface area contributed by atoms with Gasteiger partial charge in [-0.05, 0) is 0 Å². The first-order chi connectivity index (χ1) is 12.1. The van der Waals surface area contributed by atoms with Gasteiger partial charge in [-0.25, -0.2) is 0 Å². The topological polar surface area (TPSA) is 428 Å². The molecule has 194 valence electrons. The van der Waals surface area contributed by atoms with Crippen LogP contribution < -0.4 is 17.2 Å². The fraction of sp³-hybridized carbons (Fsp3) is 0.500. The number of nitrogens with two attached hydrogens (primary N) is 3. The van der Waals surface area contributed by atoms with Gasteiger partial charge in [-0.3, -0.25) is 28.8 Å². The molecule has 0 aromatic rings. The van der Waals surface area contributed by atoms with E-state index in [0.717, 1.165) is 0 Å². The zero-order chi connectivity index (χ0) is 22.3. The zero-order valence-corrected chi connectivity index (χ0v) is 24.1. The van der Waals surface area contributed by atoms with Crippen molar-refractivity contribution >= 4 is 35.8 Å². The van der Waals surface area contributed by atoms with Gasteiger partial charge in [-0.2, -0.15) is 0 Å². The SMILES string of the molecule is N[C@@H](CC(=O)O)C(=O)O.N[C@H](CC(=O)O)C(=O)O.N[C@H](CC(=O)O)C(=O)O.O.O.O.O.[La].[La]. The fourth-order valence-electron chi connectivity index (χ4n) is 0.826. The molecule has 0 aliphatic heterocycles. The summed E-state index contributed by atoms with van der Waals surface area (Å²) in [7, 11) is 0. The molecule has 0 amide bonds. The van der Waals surface area contributed by atoms with Crippen molar-refractivity contribution in [1.29, 1.82) is 0 Å². The van der Waals surface area contributed by atoms with Crippen molar-refractivity contribution in [3.63, 3.8) is 0 Å². The quantitative estimate of drug-likeness (QED) is 0.106. The molecule has 0 heterocycles. The summed E-state index contributed by atoms with van der Waals surface area (Å²) >= 11 is 0. The normalized spacial score (nSPS) is 10.3. The van der Waals surface area contributed by atoms with Gasteiger partial charge in [0.25, 0.3) is 0 Å². The zero-order valence-electron chi connectivity index (χ0n) is 16.9. The molecule has 19 nitrogen and oxygen atoms in total. The van der Waals surface area contributed by atoms with Crippen LogP contribution in [-0.4, -0.2) is 106 Å². The number of hydrogen-bond acceptors (Lipinski definition) is 9. The Bertz CT molecular complexity index is 489. The molecule has 21 heteroatoms.